The third-order valence-electron chi connectivity index (χ3n) is 2.43. The van der Waals surface area contributed by atoms with Gasteiger partial charge in [0.2, 0.25) is 0 Å². The van der Waals surface area contributed by atoms with Gasteiger partial charge in [-0.05, 0) is 23.7 Å². The van der Waals surface area contributed by atoms with Gasteiger partial charge in [0, 0.05) is 7.05 Å². The van der Waals surface area contributed by atoms with Crippen molar-refractivity contribution in [1.29, 1.82) is 0 Å². The lowest BCUT2D eigenvalue weighted by Crippen LogP contribution is -2.10. The van der Waals surface area contributed by atoms with E-state index in [4.69, 9.17) is 0 Å². The van der Waals surface area contributed by atoms with Crippen LogP contribution in [-0.2, 0) is 6.18 Å². The highest BCUT2D eigenvalue weighted by atomic mass is 32.1. The Hall–Kier alpha value is -1.96. The van der Waals surface area contributed by atoms with Crippen molar-refractivity contribution in [3.8, 4) is 0 Å². The molecule has 0 spiro atoms. The molecule has 3 N–H and O–H groups in total. The van der Waals surface area contributed by atoms with E-state index < -0.39 is 11.7 Å². The van der Waals surface area contributed by atoms with Gasteiger partial charge in [-0.2, -0.15) is 13.2 Å². The molecule has 0 fully saturated rings. The van der Waals surface area contributed by atoms with Crippen molar-refractivity contribution in [2.45, 2.75) is 6.18 Å². The number of para-hydroxylation sites is 1. The molecule has 0 radical (unpaired) electrons. The number of hydrogen-bond acceptors (Lipinski definition) is 4. The molecule has 0 saturated carbocycles. The van der Waals surface area contributed by atoms with Gasteiger partial charge in [-0.3, -0.25) is 9.17 Å². The fourth-order valence-corrected chi connectivity index (χ4v) is 2.33. The molecule has 1 aromatic carbocycles. The fourth-order valence-electron chi connectivity index (χ4n) is 1.58. The second-order valence-electron chi connectivity index (χ2n) is 3.66. The summed E-state index contributed by atoms with van der Waals surface area (Å²) < 4.78 is 40.9. The fraction of sp³-hybridized carbons (Fsp3) is 0.182. The Kier molecular flexibility index (Phi) is 3.52. The number of alkyl halides is 3. The van der Waals surface area contributed by atoms with Gasteiger partial charge < -0.3 is 10.6 Å². The molecule has 1 aromatic heterocycles. The van der Waals surface area contributed by atoms with E-state index in [1.807, 2.05) is 0 Å². The summed E-state index contributed by atoms with van der Waals surface area (Å²) in [5.41, 5.74) is -1.04. The van der Waals surface area contributed by atoms with Gasteiger partial charge in [-0.25, -0.2) is 0 Å². The molecule has 1 heterocycles. The molecular formula is C11H10F3N3OS. The summed E-state index contributed by atoms with van der Waals surface area (Å²) in [6.07, 6.45) is -4.45. The molecule has 4 nitrogen and oxygen atoms in total. The predicted molar refractivity (Wildman–Crippen MR) is 69.2 cm³/mol. The average Bonchev–Trinajstić information content (AvgIpc) is 2.69. The summed E-state index contributed by atoms with van der Waals surface area (Å²) >= 11 is 0.936. The van der Waals surface area contributed by atoms with Crippen LogP contribution in [0.5, 0.6) is 0 Å². The number of rotatable bonds is 3. The predicted octanol–water partition coefficient (Wildman–Crippen LogP) is 3.24. The van der Waals surface area contributed by atoms with Crippen LogP contribution in [-0.4, -0.2) is 11.4 Å². The van der Waals surface area contributed by atoms with Gasteiger partial charge in [-0.1, -0.05) is 12.1 Å². The maximum atomic E-state index is 12.8. The molecule has 0 aliphatic carbocycles. The van der Waals surface area contributed by atoms with E-state index in [0.29, 0.717) is 5.00 Å². The van der Waals surface area contributed by atoms with Crippen LogP contribution < -0.4 is 16.2 Å². The van der Waals surface area contributed by atoms with E-state index in [1.54, 1.807) is 0 Å². The molecule has 0 saturated heterocycles. The van der Waals surface area contributed by atoms with Gasteiger partial charge in [0.25, 0.3) is 5.56 Å². The first kappa shape index (κ1) is 13.5. The number of aromatic amines is 1. The minimum atomic E-state index is -4.45. The smallest absolute Gasteiger partial charge is 0.381 e. The minimum absolute atomic E-state index is 0.0956. The van der Waals surface area contributed by atoms with Crippen LogP contribution in [0, 0.1) is 0 Å². The quantitative estimate of drug-likeness (QED) is 0.813. The number of halogens is 3. The zero-order valence-electron chi connectivity index (χ0n) is 9.76. The van der Waals surface area contributed by atoms with E-state index in [9.17, 15) is 18.0 Å². The molecule has 0 atom stereocenters. The van der Waals surface area contributed by atoms with Crippen molar-refractivity contribution in [1.82, 2.24) is 4.37 Å². The summed E-state index contributed by atoms with van der Waals surface area (Å²) in [6.45, 7) is 0. The van der Waals surface area contributed by atoms with Crippen molar-refractivity contribution in [2.75, 3.05) is 17.7 Å². The van der Waals surface area contributed by atoms with E-state index in [0.717, 1.165) is 17.6 Å². The molecular weight excluding hydrogens is 279 g/mol. The summed E-state index contributed by atoms with van der Waals surface area (Å²) in [5.74, 6) is 0. The van der Waals surface area contributed by atoms with Crippen molar-refractivity contribution in [3.63, 3.8) is 0 Å². The van der Waals surface area contributed by atoms with E-state index in [-0.39, 0.29) is 16.9 Å². The second-order valence-corrected chi connectivity index (χ2v) is 4.47. The van der Waals surface area contributed by atoms with Crippen molar-refractivity contribution in [3.05, 3.63) is 40.2 Å². The molecule has 0 bridgehead atoms. The van der Waals surface area contributed by atoms with Crippen LogP contribution in [0.2, 0.25) is 0 Å². The van der Waals surface area contributed by atoms with Crippen LogP contribution in [0.3, 0.4) is 0 Å². The summed E-state index contributed by atoms with van der Waals surface area (Å²) in [5, 5.41) is 5.58. The highest BCUT2D eigenvalue weighted by Crippen LogP contribution is 2.37. The molecule has 8 heteroatoms. The Labute approximate surface area is 110 Å². The highest BCUT2D eigenvalue weighted by molar-refractivity contribution is 7.10. The van der Waals surface area contributed by atoms with Gasteiger partial charge >= 0.3 is 6.18 Å². The number of anilines is 3. The number of H-pyrrole nitrogens is 1. The molecule has 0 amide bonds. The summed E-state index contributed by atoms with van der Waals surface area (Å²) in [6, 6.07) is 5.10. The lowest BCUT2D eigenvalue weighted by molar-refractivity contribution is -0.136. The van der Waals surface area contributed by atoms with Crippen LogP contribution in [0.1, 0.15) is 5.56 Å². The van der Waals surface area contributed by atoms with Gasteiger partial charge in [0.15, 0.2) is 0 Å². The molecule has 0 aliphatic rings. The Bertz CT molecular complexity index is 633. The second kappa shape index (κ2) is 4.96. The van der Waals surface area contributed by atoms with Crippen molar-refractivity contribution in [2.24, 2.45) is 0 Å². The van der Waals surface area contributed by atoms with Crippen LogP contribution >= 0.6 is 11.5 Å². The van der Waals surface area contributed by atoms with E-state index in [1.165, 1.54) is 25.2 Å². The Morgan fingerprint density at radius 1 is 1.26 bits per heavy atom. The van der Waals surface area contributed by atoms with Crippen LogP contribution in [0.15, 0.2) is 29.1 Å². The molecule has 2 rings (SSSR count). The third-order valence-corrected chi connectivity index (χ3v) is 3.23. The Morgan fingerprint density at radius 2 is 1.95 bits per heavy atom. The van der Waals surface area contributed by atoms with Gasteiger partial charge in [0.1, 0.15) is 10.7 Å². The minimum Gasteiger partial charge on any atom is -0.381 e. The number of benzene rings is 1. The molecule has 102 valence electrons. The highest BCUT2D eigenvalue weighted by Gasteiger charge is 2.33. The molecule has 0 aliphatic heterocycles. The van der Waals surface area contributed by atoms with Crippen LogP contribution in [0.25, 0.3) is 0 Å². The lowest BCUT2D eigenvalue weighted by Gasteiger charge is -2.13. The SMILES string of the molecule is CNc1c(Nc2ccccc2C(F)(F)F)s[nH]c1=O. The lowest BCUT2D eigenvalue weighted by atomic mass is 10.1. The van der Waals surface area contributed by atoms with Crippen LogP contribution in [0.4, 0.5) is 29.5 Å². The standard InChI is InChI=1S/C11H10F3N3OS/c1-15-8-9(18)17-19-10(8)16-7-5-3-2-4-6(7)11(12,13)14/h2-5,15-16H,1H3,(H,17,18). The molecule has 2 aromatic rings. The van der Waals surface area contributed by atoms with Gasteiger partial charge in [-0.15, -0.1) is 0 Å². The monoisotopic (exact) mass is 289 g/mol. The number of hydrogen-bond donors (Lipinski definition) is 3. The maximum Gasteiger partial charge on any atom is 0.418 e. The first-order valence-corrected chi connectivity index (χ1v) is 6.07. The summed E-state index contributed by atoms with van der Waals surface area (Å²) in [7, 11) is 1.53. The largest absolute Gasteiger partial charge is 0.418 e. The zero-order chi connectivity index (χ0) is 14.0. The normalized spacial score (nSPS) is 11.4. The summed E-state index contributed by atoms with van der Waals surface area (Å²) in [4.78, 5) is 11.4. The first-order valence-electron chi connectivity index (χ1n) is 5.26. The Balaban J connectivity index is 2.42. The third kappa shape index (κ3) is 2.73. The van der Waals surface area contributed by atoms with Gasteiger partial charge in [0.05, 0.1) is 11.3 Å². The Morgan fingerprint density at radius 3 is 2.58 bits per heavy atom. The van der Waals surface area contributed by atoms with E-state index >= 15 is 0 Å². The number of nitrogens with one attached hydrogen (secondary N) is 3. The topological polar surface area (TPSA) is 56.9 Å². The average molecular weight is 289 g/mol. The number of aromatic nitrogens is 1. The van der Waals surface area contributed by atoms with Crippen molar-refractivity contribution >= 4 is 27.9 Å². The molecule has 19 heavy (non-hydrogen) atoms. The maximum absolute atomic E-state index is 12.8. The molecule has 0 unspecified atom stereocenters. The zero-order valence-corrected chi connectivity index (χ0v) is 10.6. The first-order chi connectivity index (χ1) is 8.93. The van der Waals surface area contributed by atoms with Crippen molar-refractivity contribution < 1.29 is 13.2 Å². The van der Waals surface area contributed by atoms with E-state index in [2.05, 4.69) is 15.0 Å².